The fraction of sp³-hybridized carbons (Fsp3) is 0.105. The Hall–Kier alpha value is -2.81. The molecule has 0 N–H and O–H groups in total. The molecule has 0 amide bonds. The van der Waals surface area contributed by atoms with Crippen LogP contribution in [-0.4, -0.2) is 16.5 Å². The van der Waals surface area contributed by atoms with Crippen LogP contribution in [0.3, 0.4) is 0 Å². The van der Waals surface area contributed by atoms with Crippen molar-refractivity contribution < 1.29 is 4.74 Å². The molecule has 0 saturated carbocycles. The first-order valence-corrected chi connectivity index (χ1v) is 7.28. The van der Waals surface area contributed by atoms with Crippen LogP contribution in [0.15, 0.2) is 60.7 Å². The minimum absolute atomic E-state index is 0.869. The number of para-hydroxylation sites is 2. The third-order valence-corrected chi connectivity index (χ3v) is 4.01. The predicted molar refractivity (Wildman–Crippen MR) is 89.4 cm³/mol. The van der Waals surface area contributed by atoms with E-state index < -0.39 is 0 Å². The van der Waals surface area contributed by atoms with Crippen LogP contribution >= 0.6 is 0 Å². The Bertz CT molecular complexity index is 968. The number of ether oxygens (including phenoxy) is 1. The summed E-state index contributed by atoms with van der Waals surface area (Å²) in [5, 5.41) is 0. The number of benzene rings is 2. The first kappa shape index (κ1) is 12.9. The summed E-state index contributed by atoms with van der Waals surface area (Å²) in [6, 6.07) is 20.7. The second-order valence-corrected chi connectivity index (χ2v) is 5.41. The van der Waals surface area contributed by atoms with Gasteiger partial charge in [-0.05, 0) is 54.4 Å². The van der Waals surface area contributed by atoms with E-state index in [-0.39, 0.29) is 0 Å². The SMILES string of the molecule is COc1ccc(-c2cc(C)n3c(c2)nc2ccccc23)cc1. The van der Waals surface area contributed by atoms with Crippen molar-refractivity contribution in [3.63, 3.8) is 0 Å². The lowest BCUT2D eigenvalue weighted by atomic mass is 10.1. The summed E-state index contributed by atoms with van der Waals surface area (Å²) in [6.45, 7) is 2.12. The molecule has 0 aliphatic rings. The lowest BCUT2D eigenvalue weighted by Crippen LogP contribution is -1.92. The van der Waals surface area contributed by atoms with Crippen LogP contribution in [0, 0.1) is 6.92 Å². The maximum Gasteiger partial charge on any atom is 0.138 e. The summed E-state index contributed by atoms with van der Waals surface area (Å²) in [5.74, 6) is 0.869. The van der Waals surface area contributed by atoms with Crippen molar-refractivity contribution in [3.05, 3.63) is 66.4 Å². The zero-order valence-corrected chi connectivity index (χ0v) is 12.6. The molecule has 0 saturated heterocycles. The normalized spacial score (nSPS) is 11.2. The molecule has 0 fully saturated rings. The third kappa shape index (κ3) is 1.94. The maximum atomic E-state index is 5.22. The van der Waals surface area contributed by atoms with Crippen molar-refractivity contribution in [2.75, 3.05) is 7.11 Å². The fourth-order valence-electron chi connectivity index (χ4n) is 2.93. The standard InChI is InChI=1S/C19H16N2O/c1-13-11-15(14-7-9-16(22-2)10-8-14)12-19-20-17-5-3-4-6-18(17)21(13)19/h3-12H,1-2H3. The first-order valence-electron chi connectivity index (χ1n) is 7.28. The molecule has 0 bridgehead atoms. The molecule has 2 aromatic carbocycles. The van der Waals surface area contributed by atoms with Crippen molar-refractivity contribution in [2.45, 2.75) is 6.92 Å². The molecule has 0 unspecified atom stereocenters. The van der Waals surface area contributed by atoms with Gasteiger partial charge >= 0.3 is 0 Å². The van der Waals surface area contributed by atoms with Gasteiger partial charge in [0.15, 0.2) is 0 Å². The molecule has 22 heavy (non-hydrogen) atoms. The highest BCUT2D eigenvalue weighted by Crippen LogP contribution is 2.27. The van der Waals surface area contributed by atoms with Crippen LogP contribution < -0.4 is 4.74 Å². The average Bonchev–Trinajstić information content (AvgIpc) is 2.93. The summed E-state index contributed by atoms with van der Waals surface area (Å²) >= 11 is 0. The molecule has 0 spiro atoms. The molecule has 4 rings (SSSR count). The number of rotatable bonds is 2. The van der Waals surface area contributed by atoms with Gasteiger partial charge < -0.3 is 4.74 Å². The molecular formula is C19H16N2O. The van der Waals surface area contributed by atoms with Gasteiger partial charge in [-0.15, -0.1) is 0 Å². The predicted octanol–water partition coefficient (Wildman–Crippen LogP) is 4.47. The number of hydrogen-bond acceptors (Lipinski definition) is 2. The van der Waals surface area contributed by atoms with Gasteiger partial charge in [-0.25, -0.2) is 4.98 Å². The van der Waals surface area contributed by atoms with Gasteiger partial charge in [0.25, 0.3) is 0 Å². The lowest BCUT2D eigenvalue weighted by Gasteiger charge is -2.07. The maximum absolute atomic E-state index is 5.22. The molecular weight excluding hydrogens is 272 g/mol. The number of aromatic nitrogens is 2. The molecule has 3 nitrogen and oxygen atoms in total. The number of nitrogens with zero attached hydrogens (tertiary/aromatic N) is 2. The Morgan fingerprint density at radius 2 is 1.68 bits per heavy atom. The molecule has 0 atom stereocenters. The van der Waals surface area contributed by atoms with E-state index in [1.165, 1.54) is 16.8 Å². The van der Waals surface area contributed by atoms with E-state index in [1.54, 1.807) is 7.11 Å². The van der Waals surface area contributed by atoms with E-state index in [1.807, 2.05) is 24.3 Å². The first-order chi connectivity index (χ1) is 10.8. The summed E-state index contributed by atoms with van der Waals surface area (Å²) in [6.07, 6.45) is 0. The minimum Gasteiger partial charge on any atom is -0.497 e. The van der Waals surface area contributed by atoms with Crippen molar-refractivity contribution in [1.82, 2.24) is 9.38 Å². The third-order valence-electron chi connectivity index (χ3n) is 4.01. The van der Waals surface area contributed by atoms with E-state index in [9.17, 15) is 0 Å². The molecule has 2 aromatic heterocycles. The highest BCUT2D eigenvalue weighted by Gasteiger charge is 2.08. The van der Waals surface area contributed by atoms with E-state index >= 15 is 0 Å². The van der Waals surface area contributed by atoms with Crippen LogP contribution in [0.4, 0.5) is 0 Å². The number of pyridine rings is 1. The average molecular weight is 288 g/mol. The Labute approximate surface area is 128 Å². The van der Waals surface area contributed by atoms with Gasteiger partial charge in [0.05, 0.1) is 18.1 Å². The number of aryl methyl sites for hydroxylation is 1. The second kappa shape index (κ2) is 4.88. The molecule has 2 heterocycles. The van der Waals surface area contributed by atoms with Gasteiger partial charge in [-0.2, -0.15) is 0 Å². The Kier molecular flexibility index (Phi) is 2.86. The highest BCUT2D eigenvalue weighted by atomic mass is 16.5. The van der Waals surface area contributed by atoms with E-state index in [0.717, 1.165) is 22.4 Å². The van der Waals surface area contributed by atoms with E-state index in [0.29, 0.717) is 0 Å². The smallest absolute Gasteiger partial charge is 0.138 e. The molecule has 4 aromatic rings. The topological polar surface area (TPSA) is 26.5 Å². The summed E-state index contributed by atoms with van der Waals surface area (Å²) in [4.78, 5) is 4.73. The van der Waals surface area contributed by atoms with Crippen molar-refractivity contribution in [2.24, 2.45) is 0 Å². The Balaban J connectivity index is 1.94. The van der Waals surface area contributed by atoms with Gasteiger partial charge in [0, 0.05) is 5.69 Å². The van der Waals surface area contributed by atoms with Crippen molar-refractivity contribution in [3.8, 4) is 16.9 Å². The molecule has 0 aliphatic carbocycles. The monoisotopic (exact) mass is 288 g/mol. The molecule has 3 heteroatoms. The Morgan fingerprint density at radius 3 is 2.45 bits per heavy atom. The van der Waals surface area contributed by atoms with Crippen LogP contribution in [0.25, 0.3) is 27.8 Å². The Morgan fingerprint density at radius 1 is 0.909 bits per heavy atom. The zero-order chi connectivity index (χ0) is 15.1. The number of hydrogen-bond donors (Lipinski definition) is 0. The number of fused-ring (bicyclic) bond motifs is 3. The van der Waals surface area contributed by atoms with Gasteiger partial charge in [0.1, 0.15) is 11.4 Å². The van der Waals surface area contributed by atoms with Crippen LogP contribution in [0.2, 0.25) is 0 Å². The lowest BCUT2D eigenvalue weighted by molar-refractivity contribution is 0.415. The van der Waals surface area contributed by atoms with E-state index in [2.05, 4.69) is 47.7 Å². The van der Waals surface area contributed by atoms with Crippen LogP contribution in [-0.2, 0) is 0 Å². The molecule has 108 valence electrons. The van der Waals surface area contributed by atoms with E-state index in [4.69, 9.17) is 9.72 Å². The fourth-order valence-corrected chi connectivity index (χ4v) is 2.93. The minimum atomic E-state index is 0.869. The zero-order valence-electron chi connectivity index (χ0n) is 12.6. The van der Waals surface area contributed by atoms with Crippen LogP contribution in [0.1, 0.15) is 5.69 Å². The van der Waals surface area contributed by atoms with Crippen LogP contribution in [0.5, 0.6) is 5.75 Å². The van der Waals surface area contributed by atoms with Crippen molar-refractivity contribution >= 4 is 16.7 Å². The number of methoxy groups -OCH3 is 1. The quantitative estimate of drug-likeness (QED) is 0.544. The molecule has 0 radical (unpaired) electrons. The van der Waals surface area contributed by atoms with Gasteiger partial charge in [-0.1, -0.05) is 24.3 Å². The molecule has 0 aliphatic heterocycles. The highest BCUT2D eigenvalue weighted by molar-refractivity contribution is 5.82. The summed E-state index contributed by atoms with van der Waals surface area (Å²) < 4.78 is 7.42. The summed E-state index contributed by atoms with van der Waals surface area (Å²) in [5.41, 5.74) is 6.67. The van der Waals surface area contributed by atoms with Gasteiger partial charge in [-0.3, -0.25) is 4.40 Å². The second-order valence-electron chi connectivity index (χ2n) is 5.41. The number of imidazole rings is 1. The summed E-state index contributed by atoms with van der Waals surface area (Å²) in [7, 11) is 1.68. The van der Waals surface area contributed by atoms with Crippen molar-refractivity contribution in [1.29, 1.82) is 0 Å². The van der Waals surface area contributed by atoms with Gasteiger partial charge in [0.2, 0.25) is 0 Å². The largest absolute Gasteiger partial charge is 0.497 e.